The summed E-state index contributed by atoms with van der Waals surface area (Å²) in [6, 6.07) is 25.6. The van der Waals surface area contributed by atoms with E-state index < -0.39 is 36.1 Å². The molecule has 4 aromatic carbocycles. The third-order valence-corrected chi connectivity index (χ3v) is 10.6. The van der Waals surface area contributed by atoms with Crippen molar-refractivity contribution in [2.24, 2.45) is 0 Å². The van der Waals surface area contributed by atoms with E-state index in [2.05, 4.69) is 15.6 Å². The second-order valence-corrected chi connectivity index (χ2v) is 14.2. The molecule has 2 aliphatic heterocycles. The Balaban J connectivity index is 0.941. The molecule has 5 aromatic rings. The SMILES string of the molecule is O=C(Nc1ccc(-c2cnc(-c3ccc(NC(=O)C4CCCN4C(=O)[C@H](O)c4ccccc4Cl)cc3)o2)cc1)C1CCCN1C(=O)[C@H](O)c1ccccc1Cl. The van der Waals surface area contributed by atoms with E-state index in [1.165, 1.54) is 9.80 Å². The van der Waals surface area contributed by atoms with Crippen LogP contribution in [0.1, 0.15) is 49.0 Å². The molecule has 14 heteroatoms. The van der Waals surface area contributed by atoms with Crippen molar-refractivity contribution < 1.29 is 33.8 Å². The summed E-state index contributed by atoms with van der Waals surface area (Å²) < 4.78 is 6.04. The van der Waals surface area contributed by atoms with E-state index in [9.17, 15) is 29.4 Å². The molecule has 0 aliphatic carbocycles. The Labute approximate surface area is 326 Å². The van der Waals surface area contributed by atoms with Gasteiger partial charge in [-0.15, -0.1) is 0 Å². The van der Waals surface area contributed by atoms with E-state index in [-0.39, 0.29) is 21.9 Å². The average molecular weight is 783 g/mol. The number of nitrogens with one attached hydrogen (secondary N) is 2. The summed E-state index contributed by atoms with van der Waals surface area (Å²) in [6.45, 7) is 0.696. The number of hydrogen-bond donors (Lipinski definition) is 4. The summed E-state index contributed by atoms with van der Waals surface area (Å²) in [5.41, 5.74) is 3.02. The number of oxazole rings is 1. The van der Waals surface area contributed by atoms with Crippen molar-refractivity contribution in [2.45, 2.75) is 50.0 Å². The van der Waals surface area contributed by atoms with Crippen LogP contribution in [0, 0.1) is 0 Å². The largest absolute Gasteiger partial charge is 0.436 e. The predicted octanol–water partition coefficient (Wildman–Crippen LogP) is 6.64. The fraction of sp³-hybridized carbons (Fsp3) is 0.244. The van der Waals surface area contributed by atoms with E-state index in [0.29, 0.717) is 78.5 Å². The molecule has 1 aromatic heterocycles. The van der Waals surface area contributed by atoms with Crippen LogP contribution in [0.3, 0.4) is 0 Å². The van der Waals surface area contributed by atoms with Gasteiger partial charge >= 0.3 is 0 Å². The maximum atomic E-state index is 13.3. The zero-order chi connectivity index (χ0) is 38.6. The standard InChI is InChI=1S/C41H37Cl2N5O7/c42-30-9-3-1-7-28(30)35(49)40(53)47-21-5-11-32(47)37(51)45-26-17-13-24(14-18-26)34-23-44-39(55-34)25-15-19-27(20-16-25)46-38(52)33-12-6-22-48(33)41(54)36(50)29-8-2-4-10-31(29)43/h1-4,7-10,13-20,23,32-33,35-36,49-50H,5-6,11-12,21-22H2,(H,45,51)(H,46,52)/t32?,33?,35-,36-/m1/s1. The van der Waals surface area contributed by atoms with Gasteiger partial charge in [-0.1, -0.05) is 59.6 Å². The Kier molecular flexibility index (Phi) is 11.3. The first-order valence-corrected chi connectivity index (χ1v) is 18.6. The van der Waals surface area contributed by atoms with Crippen LogP contribution >= 0.6 is 23.2 Å². The quantitative estimate of drug-likeness (QED) is 0.122. The first kappa shape index (κ1) is 37.8. The van der Waals surface area contributed by atoms with E-state index in [1.807, 2.05) is 0 Å². The minimum Gasteiger partial charge on any atom is -0.436 e. The van der Waals surface area contributed by atoms with Gasteiger partial charge in [0.15, 0.2) is 18.0 Å². The van der Waals surface area contributed by atoms with Gasteiger partial charge in [-0.25, -0.2) is 4.98 Å². The fourth-order valence-electron chi connectivity index (χ4n) is 6.99. The van der Waals surface area contributed by atoms with E-state index >= 15 is 0 Å². The van der Waals surface area contributed by atoms with Crippen molar-refractivity contribution in [1.82, 2.24) is 14.8 Å². The van der Waals surface area contributed by atoms with Crippen molar-refractivity contribution >= 4 is 58.2 Å². The van der Waals surface area contributed by atoms with Crippen molar-refractivity contribution in [2.75, 3.05) is 23.7 Å². The number of aliphatic hydroxyl groups is 2. The highest BCUT2D eigenvalue weighted by Crippen LogP contribution is 2.32. The van der Waals surface area contributed by atoms with E-state index in [4.69, 9.17) is 27.6 Å². The first-order valence-electron chi connectivity index (χ1n) is 17.8. The number of aliphatic hydroxyl groups excluding tert-OH is 2. The maximum Gasteiger partial charge on any atom is 0.256 e. The lowest BCUT2D eigenvalue weighted by Gasteiger charge is -2.26. The van der Waals surface area contributed by atoms with Gasteiger partial charge in [-0.3, -0.25) is 19.2 Å². The molecule has 4 amide bonds. The highest BCUT2D eigenvalue weighted by molar-refractivity contribution is 6.32. The molecule has 2 unspecified atom stereocenters. The molecule has 12 nitrogen and oxygen atoms in total. The highest BCUT2D eigenvalue weighted by atomic mass is 35.5. The normalized spacial score (nSPS) is 17.8. The molecule has 3 heterocycles. The van der Waals surface area contributed by atoms with Crippen LogP contribution in [0.2, 0.25) is 10.0 Å². The molecule has 7 rings (SSSR count). The lowest BCUT2D eigenvalue weighted by Crippen LogP contribution is -2.45. The lowest BCUT2D eigenvalue weighted by molar-refractivity contribution is -0.144. The second-order valence-electron chi connectivity index (χ2n) is 13.4. The van der Waals surface area contributed by atoms with Crippen LogP contribution in [0.5, 0.6) is 0 Å². The van der Waals surface area contributed by atoms with Crippen LogP contribution in [0.4, 0.5) is 11.4 Å². The van der Waals surface area contributed by atoms with Crippen molar-refractivity contribution in [3.63, 3.8) is 0 Å². The van der Waals surface area contributed by atoms with E-state index in [1.54, 1.807) is 103 Å². The summed E-state index contributed by atoms with van der Waals surface area (Å²) in [5.74, 6) is -1.00. The molecule has 282 valence electrons. The Morgan fingerprint density at radius 3 is 1.55 bits per heavy atom. The molecule has 0 spiro atoms. The van der Waals surface area contributed by atoms with Crippen molar-refractivity contribution in [1.29, 1.82) is 0 Å². The van der Waals surface area contributed by atoms with Gasteiger partial charge in [0, 0.05) is 56.8 Å². The number of rotatable bonds is 10. The smallest absolute Gasteiger partial charge is 0.256 e. The van der Waals surface area contributed by atoms with Gasteiger partial charge in [-0.2, -0.15) is 0 Å². The topological polar surface area (TPSA) is 165 Å². The summed E-state index contributed by atoms with van der Waals surface area (Å²) in [6.07, 6.45) is 0.835. The minimum atomic E-state index is -1.47. The lowest BCUT2D eigenvalue weighted by atomic mass is 10.1. The summed E-state index contributed by atoms with van der Waals surface area (Å²) in [7, 11) is 0. The summed E-state index contributed by atoms with van der Waals surface area (Å²) >= 11 is 12.4. The summed E-state index contributed by atoms with van der Waals surface area (Å²) in [5, 5.41) is 27.8. The number of carbonyl (C=O) groups is 4. The fourth-order valence-corrected chi connectivity index (χ4v) is 7.46. The molecule has 0 bridgehead atoms. The number of halogens is 2. The number of likely N-dealkylation sites (tertiary alicyclic amines) is 2. The monoisotopic (exact) mass is 781 g/mol. The van der Waals surface area contributed by atoms with Gasteiger partial charge in [0.25, 0.3) is 11.8 Å². The molecular weight excluding hydrogens is 745 g/mol. The second kappa shape index (κ2) is 16.5. The molecular formula is C41H37Cl2N5O7. The van der Waals surface area contributed by atoms with Crippen molar-refractivity contribution in [3.8, 4) is 22.8 Å². The zero-order valence-corrected chi connectivity index (χ0v) is 30.9. The van der Waals surface area contributed by atoms with Gasteiger partial charge in [0.2, 0.25) is 17.7 Å². The van der Waals surface area contributed by atoms with Crippen LogP contribution in [-0.2, 0) is 19.2 Å². The van der Waals surface area contributed by atoms with Crippen LogP contribution < -0.4 is 10.6 Å². The third-order valence-electron chi connectivity index (χ3n) is 9.89. The number of benzene rings is 4. The molecule has 2 saturated heterocycles. The van der Waals surface area contributed by atoms with Gasteiger partial charge in [0.05, 0.1) is 6.20 Å². The first-order chi connectivity index (χ1) is 26.6. The number of hydrogen-bond acceptors (Lipinski definition) is 8. The Morgan fingerprint density at radius 2 is 1.09 bits per heavy atom. The van der Waals surface area contributed by atoms with Gasteiger partial charge in [0.1, 0.15) is 12.1 Å². The number of carbonyl (C=O) groups excluding carboxylic acids is 4. The molecule has 4 atom stereocenters. The molecule has 2 aliphatic rings. The molecule has 2 fully saturated rings. The number of amides is 4. The summed E-state index contributed by atoms with van der Waals surface area (Å²) in [4.78, 5) is 60.0. The predicted molar refractivity (Wildman–Crippen MR) is 207 cm³/mol. The highest BCUT2D eigenvalue weighted by Gasteiger charge is 2.39. The number of aromatic nitrogens is 1. The van der Waals surface area contributed by atoms with Gasteiger partial charge in [-0.05, 0) is 86.3 Å². The Bertz CT molecular complexity index is 2060. The van der Waals surface area contributed by atoms with Gasteiger partial charge < -0.3 is 35.1 Å². The molecule has 55 heavy (non-hydrogen) atoms. The number of anilines is 2. The molecule has 4 N–H and O–H groups in total. The zero-order valence-electron chi connectivity index (χ0n) is 29.4. The minimum absolute atomic E-state index is 0.276. The van der Waals surface area contributed by atoms with Crippen LogP contribution in [0.15, 0.2) is 108 Å². The Morgan fingerprint density at radius 1 is 0.655 bits per heavy atom. The molecule has 0 radical (unpaired) electrons. The average Bonchev–Trinajstić information content (AvgIpc) is 4.00. The van der Waals surface area contributed by atoms with E-state index in [0.717, 1.165) is 5.56 Å². The van der Waals surface area contributed by atoms with Crippen molar-refractivity contribution in [3.05, 3.63) is 124 Å². The van der Waals surface area contributed by atoms with Crippen LogP contribution in [-0.4, -0.2) is 73.8 Å². The molecule has 0 saturated carbocycles. The third kappa shape index (κ3) is 8.13. The number of nitrogens with zero attached hydrogens (tertiary/aromatic N) is 3. The van der Waals surface area contributed by atoms with Crippen LogP contribution in [0.25, 0.3) is 22.8 Å². The maximum absolute atomic E-state index is 13.3. The Hall–Kier alpha value is -5.53.